The van der Waals surface area contributed by atoms with Gasteiger partial charge in [0.25, 0.3) is 0 Å². The van der Waals surface area contributed by atoms with Crippen LogP contribution in [0.15, 0.2) is 22.8 Å². The van der Waals surface area contributed by atoms with E-state index >= 15 is 0 Å². The summed E-state index contributed by atoms with van der Waals surface area (Å²) in [6, 6.07) is 3.98. The van der Waals surface area contributed by atoms with Gasteiger partial charge in [-0.1, -0.05) is 13.8 Å². The van der Waals surface area contributed by atoms with E-state index < -0.39 is 0 Å². The number of furan rings is 1. The lowest BCUT2D eigenvalue weighted by atomic mass is 10.0. The maximum atomic E-state index is 12.4. The molecular weight excluding hydrogens is 258 g/mol. The number of amides is 1. The normalized spacial score (nSPS) is 20.6. The van der Waals surface area contributed by atoms with Gasteiger partial charge in [0.05, 0.1) is 11.5 Å². The second-order valence-corrected chi connectivity index (χ2v) is 6.31. The van der Waals surface area contributed by atoms with Crippen LogP contribution in [0.3, 0.4) is 0 Å². The molecule has 19 heavy (non-hydrogen) atoms. The van der Waals surface area contributed by atoms with Crippen LogP contribution in [0.1, 0.15) is 44.1 Å². The molecule has 1 unspecified atom stereocenters. The van der Waals surface area contributed by atoms with Crippen molar-refractivity contribution in [2.24, 2.45) is 5.92 Å². The second kappa shape index (κ2) is 7.04. The summed E-state index contributed by atoms with van der Waals surface area (Å²) in [5.74, 6) is 2.58. The van der Waals surface area contributed by atoms with E-state index in [1.807, 2.05) is 28.8 Å². The van der Waals surface area contributed by atoms with Gasteiger partial charge in [-0.15, -0.1) is 11.8 Å². The van der Waals surface area contributed by atoms with Gasteiger partial charge in [-0.25, -0.2) is 0 Å². The fourth-order valence-corrected chi connectivity index (χ4v) is 3.77. The quantitative estimate of drug-likeness (QED) is 0.843. The fraction of sp³-hybridized carbons (Fsp3) is 0.667. The lowest BCUT2D eigenvalue weighted by Crippen LogP contribution is -2.37. The van der Waals surface area contributed by atoms with Gasteiger partial charge in [-0.2, -0.15) is 0 Å². The van der Waals surface area contributed by atoms with Crippen LogP contribution in [-0.2, 0) is 4.79 Å². The van der Waals surface area contributed by atoms with Crippen molar-refractivity contribution in [3.63, 3.8) is 0 Å². The van der Waals surface area contributed by atoms with Crippen molar-refractivity contribution in [2.75, 3.05) is 18.8 Å². The molecule has 4 heteroatoms. The fourth-order valence-electron chi connectivity index (χ4n) is 2.59. The SMILES string of the molecule is CCC(CC)C(=O)N1CCSC(c2ccco2)CC1. The van der Waals surface area contributed by atoms with Crippen LogP contribution in [0, 0.1) is 5.92 Å². The summed E-state index contributed by atoms with van der Waals surface area (Å²) >= 11 is 1.90. The maximum absolute atomic E-state index is 12.4. The third-order valence-electron chi connectivity index (χ3n) is 3.85. The first kappa shape index (κ1) is 14.5. The Bertz CT molecular complexity index is 387. The van der Waals surface area contributed by atoms with Crippen molar-refractivity contribution in [3.05, 3.63) is 24.2 Å². The zero-order valence-electron chi connectivity index (χ0n) is 11.8. The van der Waals surface area contributed by atoms with Crippen molar-refractivity contribution >= 4 is 17.7 Å². The molecule has 0 spiro atoms. The molecule has 0 bridgehead atoms. The van der Waals surface area contributed by atoms with Crippen LogP contribution < -0.4 is 0 Å². The number of carbonyl (C=O) groups is 1. The van der Waals surface area contributed by atoms with Crippen molar-refractivity contribution < 1.29 is 9.21 Å². The average molecular weight is 281 g/mol. The molecule has 0 N–H and O–H groups in total. The molecule has 1 saturated heterocycles. The van der Waals surface area contributed by atoms with Crippen LogP contribution >= 0.6 is 11.8 Å². The highest BCUT2D eigenvalue weighted by atomic mass is 32.2. The van der Waals surface area contributed by atoms with Crippen molar-refractivity contribution in [2.45, 2.75) is 38.4 Å². The Labute approximate surface area is 119 Å². The Morgan fingerprint density at radius 1 is 1.47 bits per heavy atom. The van der Waals surface area contributed by atoms with Crippen molar-refractivity contribution in [3.8, 4) is 0 Å². The summed E-state index contributed by atoms with van der Waals surface area (Å²) in [7, 11) is 0. The Kier molecular flexibility index (Phi) is 5.37. The smallest absolute Gasteiger partial charge is 0.225 e. The zero-order valence-corrected chi connectivity index (χ0v) is 12.6. The molecule has 1 atom stereocenters. The highest BCUT2D eigenvalue weighted by Gasteiger charge is 2.26. The minimum atomic E-state index is 0.199. The molecule has 1 amide bonds. The largest absolute Gasteiger partial charge is 0.468 e. The molecular formula is C15H23NO2S. The molecule has 3 nitrogen and oxygen atoms in total. The van der Waals surface area contributed by atoms with Gasteiger partial charge < -0.3 is 9.32 Å². The van der Waals surface area contributed by atoms with Crippen molar-refractivity contribution in [1.29, 1.82) is 0 Å². The Morgan fingerprint density at radius 3 is 2.89 bits per heavy atom. The van der Waals surface area contributed by atoms with Crippen LogP contribution in [0.4, 0.5) is 0 Å². The first-order valence-electron chi connectivity index (χ1n) is 7.20. The van der Waals surface area contributed by atoms with Gasteiger partial charge in [0.2, 0.25) is 5.91 Å². The molecule has 1 aromatic rings. The van der Waals surface area contributed by atoms with E-state index in [-0.39, 0.29) is 5.92 Å². The van der Waals surface area contributed by atoms with Crippen LogP contribution in [0.25, 0.3) is 0 Å². The molecule has 1 aliphatic heterocycles. The number of thioether (sulfide) groups is 1. The third kappa shape index (κ3) is 3.56. The molecule has 2 heterocycles. The molecule has 0 aromatic carbocycles. The summed E-state index contributed by atoms with van der Waals surface area (Å²) < 4.78 is 5.49. The number of hydrogen-bond acceptors (Lipinski definition) is 3. The molecule has 1 aliphatic rings. The van der Waals surface area contributed by atoms with Gasteiger partial charge in [-0.05, 0) is 31.4 Å². The Balaban J connectivity index is 1.95. The molecule has 2 rings (SSSR count). The van der Waals surface area contributed by atoms with Gasteiger partial charge in [0.1, 0.15) is 5.76 Å². The molecule has 0 aliphatic carbocycles. The first-order chi connectivity index (χ1) is 9.26. The first-order valence-corrected chi connectivity index (χ1v) is 8.24. The van der Waals surface area contributed by atoms with Crippen LogP contribution in [-0.4, -0.2) is 29.6 Å². The third-order valence-corrected chi connectivity index (χ3v) is 5.14. The van der Waals surface area contributed by atoms with E-state index in [1.165, 1.54) is 0 Å². The molecule has 0 saturated carbocycles. The van der Waals surface area contributed by atoms with Crippen molar-refractivity contribution in [1.82, 2.24) is 4.90 Å². The van der Waals surface area contributed by atoms with Crippen LogP contribution in [0.2, 0.25) is 0 Å². The topological polar surface area (TPSA) is 33.5 Å². The maximum Gasteiger partial charge on any atom is 0.225 e. The van der Waals surface area contributed by atoms with E-state index in [9.17, 15) is 4.79 Å². The molecule has 106 valence electrons. The zero-order chi connectivity index (χ0) is 13.7. The summed E-state index contributed by atoms with van der Waals surface area (Å²) in [5.41, 5.74) is 0. The van der Waals surface area contributed by atoms with Crippen LogP contribution in [0.5, 0.6) is 0 Å². The van der Waals surface area contributed by atoms with E-state index in [0.717, 1.165) is 43.9 Å². The van der Waals surface area contributed by atoms with Gasteiger partial charge in [0.15, 0.2) is 0 Å². The Hall–Kier alpha value is -0.900. The number of rotatable bonds is 4. The summed E-state index contributed by atoms with van der Waals surface area (Å²) in [5, 5.41) is 0.398. The standard InChI is InChI=1S/C15H23NO2S/c1-3-12(4-2)15(17)16-8-7-14(19-11-9-16)13-6-5-10-18-13/h5-6,10,12,14H,3-4,7-9,11H2,1-2H3. The lowest BCUT2D eigenvalue weighted by Gasteiger charge is -2.24. The second-order valence-electron chi connectivity index (χ2n) is 5.00. The summed E-state index contributed by atoms with van der Waals surface area (Å²) in [6.07, 6.45) is 4.61. The monoisotopic (exact) mass is 281 g/mol. The van der Waals surface area contributed by atoms with E-state index in [2.05, 4.69) is 13.8 Å². The van der Waals surface area contributed by atoms with E-state index in [0.29, 0.717) is 11.2 Å². The minimum Gasteiger partial charge on any atom is -0.468 e. The molecule has 1 fully saturated rings. The van der Waals surface area contributed by atoms with Gasteiger partial charge >= 0.3 is 0 Å². The molecule has 1 aromatic heterocycles. The highest BCUT2D eigenvalue weighted by molar-refractivity contribution is 7.99. The average Bonchev–Trinajstić information content (AvgIpc) is 2.84. The van der Waals surface area contributed by atoms with Gasteiger partial charge in [0, 0.05) is 24.8 Å². The summed E-state index contributed by atoms with van der Waals surface area (Å²) in [6.45, 7) is 5.93. The highest BCUT2D eigenvalue weighted by Crippen LogP contribution is 2.34. The number of hydrogen-bond donors (Lipinski definition) is 0. The van der Waals surface area contributed by atoms with Gasteiger partial charge in [-0.3, -0.25) is 4.79 Å². The predicted octanol–water partition coefficient (Wildman–Crippen LogP) is 3.72. The molecule has 0 radical (unpaired) electrons. The number of nitrogens with zero attached hydrogens (tertiary/aromatic N) is 1. The van der Waals surface area contributed by atoms with E-state index in [4.69, 9.17) is 4.42 Å². The predicted molar refractivity (Wildman–Crippen MR) is 79.2 cm³/mol. The lowest BCUT2D eigenvalue weighted by molar-refractivity contribution is -0.135. The number of carbonyl (C=O) groups excluding carboxylic acids is 1. The summed E-state index contributed by atoms with van der Waals surface area (Å²) in [4.78, 5) is 14.4. The Morgan fingerprint density at radius 2 is 2.26 bits per heavy atom. The minimum absolute atomic E-state index is 0.199. The van der Waals surface area contributed by atoms with E-state index in [1.54, 1.807) is 6.26 Å².